The van der Waals surface area contributed by atoms with Gasteiger partial charge in [0.05, 0.1) is 10.6 Å². The van der Waals surface area contributed by atoms with Crippen molar-refractivity contribution in [2.45, 2.75) is 9.79 Å². The molecule has 0 unspecified atom stereocenters. The molecule has 0 saturated carbocycles. The number of carbonyl (C=O) groups excluding carboxylic acids is 1. The summed E-state index contributed by atoms with van der Waals surface area (Å²) in [6.45, 7) is 0. The van der Waals surface area contributed by atoms with E-state index in [-0.39, 0.29) is 28.5 Å². The van der Waals surface area contributed by atoms with Crippen molar-refractivity contribution in [2.24, 2.45) is 0 Å². The second kappa shape index (κ2) is 8.12. The topological polar surface area (TPSA) is 102 Å². The second-order valence-corrected chi connectivity index (χ2v) is 9.00. The van der Waals surface area contributed by atoms with Gasteiger partial charge in [-0.05, 0) is 48.5 Å². The summed E-state index contributed by atoms with van der Waals surface area (Å²) in [4.78, 5) is 13.1. The van der Waals surface area contributed by atoms with Gasteiger partial charge in [-0.15, -0.1) is 16.9 Å². The number of benzene rings is 2. The molecule has 0 aliphatic rings. The highest BCUT2D eigenvalue weighted by molar-refractivity contribution is 8.00. The number of halogens is 1. The number of aromatic nitrogens is 2. The van der Waals surface area contributed by atoms with Crippen LogP contribution in [-0.4, -0.2) is 36.5 Å². The molecule has 0 saturated heterocycles. The zero-order valence-electron chi connectivity index (χ0n) is 14.0. The van der Waals surface area contributed by atoms with Gasteiger partial charge in [0.2, 0.25) is 11.8 Å². The van der Waals surface area contributed by atoms with Gasteiger partial charge in [0.15, 0.2) is 9.84 Å². The van der Waals surface area contributed by atoms with E-state index >= 15 is 0 Å². The number of rotatable bonds is 6. The molecule has 0 spiro atoms. The SMILES string of the molecule is CS(=O)(=O)c1ccc(-c2nnc(NC(=O)CSc3ccc(Cl)cc3)o2)cc1. The van der Waals surface area contributed by atoms with Crippen molar-refractivity contribution in [3.63, 3.8) is 0 Å². The summed E-state index contributed by atoms with van der Waals surface area (Å²) < 4.78 is 28.4. The van der Waals surface area contributed by atoms with Crippen LogP contribution in [0.25, 0.3) is 11.5 Å². The fourth-order valence-electron chi connectivity index (χ4n) is 2.07. The van der Waals surface area contributed by atoms with Crippen molar-refractivity contribution in [3.05, 3.63) is 53.6 Å². The summed E-state index contributed by atoms with van der Waals surface area (Å²) in [5.41, 5.74) is 0.547. The van der Waals surface area contributed by atoms with E-state index in [0.717, 1.165) is 11.2 Å². The Kier molecular flexibility index (Phi) is 5.83. The number of amides is 1. The number of nitrogens with zero attached hydrogens (tertiary/aromatic N) is 2. The molecule has 2 aromatic carbocycles. The molecule has 0 aliphatic carbocycles. The van der Waals surface area contributed by atoms with Crippen LogP contribution in [-0.2, 0) is 14.6 Å². The van der Waals surface area contributed by atoms with Crippen LogP contribution in [0.1, 0.15) is 0 Å². The molecular formula is C17H14ClN3O4S2. The van der Waals surface area contributed by atoms with Crippen molar-refractivity contribution in [3.8, 4) is 11.5 Å². The molecule has 1 amide bonds. The van der Waals surface area contributed by atoms with Crippen LogP contribution in [0.5, 0.6) is 0 Å². The van der Waals surface area contributed by atoms with Crippen LogP contribution < -0.4 is 5.32 Å². The fraction of sp³-hybridized carbons (Fsp3) is 0.118. The quantitative estimate of drug-likeness (QED) is 0.605. The Morgan fingerprint density at radius 2 is 1.78 bits per heavy atom. The minimum atomic E-state index is -3.28. The molecule has 140 valence electrons. The third-order valence-corrected chi connectivity index (χ3v) is 5.78. The smallest absolute Gasteiger partial charge is 0.322 e. The van der Waals surface area contributed by atoms with E-state index in [1.54, 1.807) is 24.3 Å². The third kappa shape index (κ3) is 5.31. The van der Waals surface area contributed by atoms with E-state index in [2.05, 4.69) is 15.5 Å². The third-order valence-electron chi connectivity index (χ3n) is 3.38. The molecule has 0 bridgehead atoms. The van der Waals surface area contributed by atoms with Crippen molar-refractivity contribution in [1.82, 2.24) is 10.2 Å². The lowest BCUT2D eigenvalue weighted by molar-refractivity contribution is -0.113. The second-order valence-electron chi connectivity index (χ2n) is 5.50. The van der Waals surface area contributed by atoms with Gasteiger partial charge < -0.3 is 4.42 Å². The minimum Gasteiger partial charge on any atom is -0.403 e. The average molecular weight is 424 g/mol. The molecule has 1 heterocycles. The normalized spacial score (nSPS) is 11.3. The lowest BCUT2D eigenvalue weighted by Crippen LogP contribution is -2.14. The zero-order valence-corrected chi connectivity index (χ0v) is 16.4. The Balaban J connectivity index is 1.60. The first-order valence-corrected chi connectivity index (χ1v) is 10.9. The first-order chi connectivity index (χ1) is 12.8. The Hall–Kier alpha value is -2.36. The fourth-order valence-corrected chi connectivity index (χ4v) is 3.53. The first-order valence-electron chi connectivity index (χ1n) is 7.63. The molecule has 0 radical (unpaired) electrons. The van der Waals surface area contributed by atoms with Gasteiger partial charge in [0, 0.05) is 21.7 Å². The summed E-state index contributed by atoms with van der Waals surface area (Å²) in [7, 11) is -3.28. The maximum Gasteiger partial charge on any atom is 0.322 e. The van der Waals surface area contributed by atoms with Crippen molar-refractivity contribution < 1.29 is 17.6 Å². The highest BCUT2D eigenvalue weighted by Crippen LogP contribution is 2.23. The molecule has 0 fully saturated rings. The Labute approximate surface area is 165 Å². The summed E-state index contributed by atoms with van der Waals surface area (Å²) >= 11 is 7.17. The number of carbonyl (C=O) groups is 1. The lowest BCUT2D eigenvalue weighted by atomic mass is 10.2. The molecule has 3 aromatic rings. The number of thioether (sulfide) groups is 1. The van der Waals surface area contributed by atoms with E-state index in [9.17, 15) is 13.2 Å². The summed E-state index contributed by atoms with van der Waals surface area (Å²) in [5.74, 6) is 0.0517. The van der Waals surface area contributed by atoms with Crippen molar-refractivity contribution in [2.75, 3.05) is 17.3 Å². The number of hydrogen-bond acceptors (Lipinski definition) is 7. The minimum absolute atomic E-state index is 0.0288. The lowest BCUT2D eigenvalue weighted by Gasteiger charge is -2.01. The number of anilines is 1. The molecule has 1 aromatic heterocycles. The van der Waals surface area contributed by atoms with E-state index < -0.39 is 9.84 Å². The van der Waals surface area contributed by atoms with Gasteiger partial charge in [-0.2, -0.15) is 0 Å². The summed E-state index contributed by atoms with van der Waals surface area (Å²) in [6.07, 6.45) is 1.13. The zero-order chi connectivity index (χ0) is 19.4. The Morgan fingerprint density at radius 3 is 2.41 bits per heavy atom. The molecule has 3 rings (SSSR count). The highest BCUT2D eigenvalue weighted by atomic mass is 35.5. The van der Waals surface area contributed by atoms with Gasteiger partial charge in [-0.3, -0.25) is 10.1 Å². The Morgan fingerprint density at radius 1 is 1.11 bits per heavy atom. The maximum absolute atomic E-state index is 12.0. The highest BCUT2D eigenvalue weighted by Gasteiger charge is 2.13. The van der Waals surface area contributed by atoms with Crippen molar-refractivity contribution in [1.29, 1.82) is 0 Å². The van der Waals surface area contributed by atoms with Gasteiger partial charge >= 0.3 is 6.01 Å². The number of nitrogens with one attached hydrogen (secondary N) is 1. The summed E-state index contributed by atoms with van der Waals surface area (Å²) in [6, 6.07) is 13.2. The molecule has 0 atom stereocenters. The maximum atomic E-state index is 12.0. The standard InChI is InChI=1S/C17H14ClN3O4S2/c1-27(23,24)14-8-2-11(3-9-14)16-20-21-17(25-16)19-15(22)10-26-13-6-4-12(18)5-7-13/h2-9H,10H2,1H3,(H,19,21,22). The summed E-state index contributed by atoms with van der Waals surface area (Å²) in [5, 5.41) is 10.8. The van der Waals surface area contributed by atoms with Crippen LogP contribution in [0.15, 0.2) is 62.7 Å². The van der Waals surface area contributed by atoms with Gasteiger partial charge in [0.1, 0.15) is 0 Å². The average Bonchev–Trinajstić information content (AvgIpc) is 3.09. The number of sulfone groups is 1. The van der Waals surface area contributed by atoms with Crippen LogP contribution in [0.4, 0.5) is 6.01 Å². The van der Waals surface area contributed by atoms with E-state index in [0.29, 0.717) is 10.6 Å². The molecule has 10 heteroatoms. The van der Waals surface area contributed by atoms with Gasteiger partial charge in [-0.1, -0.05) is 16.7 Å². The molecule has 0 aliphatic heterocycles. The predicted molar refractivity (Wildman–Crippen MR) is 104 cm³/mol. The van der Waals surface area contributed by atoms with Crippen LogP contribution in [0, 0.1) is 0 Å². The number of hydrogen-bond donors (Lipinski definition) is 1. The van der Waals surface area contributed by atoms with E-state index in [4.69, 9.17) is 16.0 Å². The molecule has 7 nitrogen and oxygen atoms in total. The largest absolute Gasteiger partial charge is 0.403 e. The molecular weight excluding hydrogens is 410 g/mol. The predicted octanol–water partition coefficient (Wildman–Crippen LogP) is 3.52. The van der Waals surface area contributed by atoms with Crippen molar-refractivity contribution >= 4 is 45.1 Å². The van der Waals surface area contributed by atoms with Gasteiger partial charge in [-0.25, -0.2) is 8.42 Å². The van der Waals surface area contributed by atoms with Crippen LogP contribution in [0.2, 0.25) is 5.02 Å². The Bertz CT molecular complexity index is 1050. The van der Waals surface area contributed by atoms with E-state index in [1.807, 2.05) is 12.1 Å². The monoisotopic (exact) mass is 423 g/mol. The molecule has 1 N–H and O–H groups in total. The van der Waals surface area contributed by atoms with E-state index in [1.165, 1.54) is 23.9 Å². The van der Waals surface area contributed by atoms with Crippen LogP contribution >= 0.6 is 23.4 Å². The van der Waals surface area contributed by atoms with Gasteiger partial charge in [0.25, 0.3) is 0 Å². The van der Waals surface area contributed by atoms with Crippen LogP contribution in [0.3, 0.4) is 0 Å². The first kappa shape index (κ1) is 19.4. The molecule has 27 heavy (non-hydrogen) atoms.